The van der Waals surface area contributed by atoms with Gasteiger partial charge < -0.3 is 14.3 Å². The molecule has 3 aromatic carbocycles. The molecule has 1 N–H and O–H groups in total. The van der Waals surface area contributed by atoms with Crippen LogP contribution in [0.5, 0.6) is 11.5 Å². The maximum Gasteiger partial charge on any atom is 0.344 e. The maximum absolute atomic E-state index is 13.0. The molecule has 1 heterocycles. The number of phenols is 1. The Morgan fingerprint density at radius 3 is 2.32 bits per heavy atom. The van der Waals surface area contributed by atoms with Gasteiger partial charge in [0.25, 0.3) is 0 Å². The van der Waals surface area contributed by atoms with Crippen LogP contribution >= 0.6 is 15.9 Å². The van der Waals surface area contributed by atoms with Crippen molar-refractivity contribution in [2.24, 2.45) is 0 Å². The zero-order chi connectivity index (χ0) is 19.5. The molecule has 0 unspecified atom stereocenters. The molecule has 0 amide bonds. The first kappa shape index (κ1) is 18.3. The lowest BCUT2D eigenvalue weighted by Crippen LogP contribution is -2.06. The summed E-state index contributed by atoms with van der Waals surface area (Å²) < 4.78 is 11.3. The van der Waals surface area contributed by atoms with E-state index in [0.717, 1.165) is 22.1 Å². The standard InChI is InChI=1S/C23H17BrO4/c24-12-13-27-18-10-11-19-20(14-18)28-23(26)22(15-4-2-1-3-5-15)21(19)16-6-8-17(25)9-7-16/h1-11,14,25H,12-13H2. The summed E-state index contributed by atoms with van der Waals surface area (Å²) in [5, 5.41) is 11.2. The smallest absolute Gasteiger partial charge is 0.344 e. The first-order valence-electron chi connectivity index (χ1n) is 8.82. The average Bonchev–Trinajstić information content (AvgIpc) is 2.72. The highest BCUT2D eigenvalue weighted by atomic mass is 79.9. The number of fused-ring (bicyclic) bond motifs is 1. The van der Waals surface area contributed by atoms with Gasteiger partial charge in [-0.15, -0.1) is 0 Å². The van der Waals surface area contributed by atoms with Gasteiger partial charge in [-0.25, -0.2) is 4.79 Å². The Kier molecular flexibility index (Phi) is 5.17. The van der Waals surface area contributed by atoms with Crippen molar-refractivity contribution < 1.29 is 14.3 Å². The third kappa shape index (κ3) is 3.53. The highest BCUT2D eigenvalue weighted by molar-refractivity contribution is 9.09. The summed E-state index contributed by atoms with van der Waals surface area (Å²) in [6, 6.07) is 21.8. The molecule has 0 radical (unpaired) electrons. The van der Waals surface area contributed by atoms with Gasteiger partial charge >= 0.3 is 5.63 Å². The summed E-state index contributed by atoms with van der Waals surface area (Å²) >= 11 is 3.33. The SMILES string of the molecule is O=c1oc2cc(OCCBr)ccc2c(-c2ccc(O)cc2)c1-c1ccccc1. The minimum absolute atomic E-state index is 0.169. The second-order valence-electron chi connectivity index (χ2n) is 6.25. The Bertz CT molecular complexity index is 1170. The van der Waals surface area contributed by atoms with Gasteiger partial charge in [0.2, 0.25) is 0 Å². The van der Waals surface area contributed by atoms with Gasteiger partial charge in [0.1, 0.15) is 17.1 Å². The van der Waals surface area contributed by atoms with Gasteiger partial charge in [0.15, 0.2) is 0 Å². The molecular weight excluding hydrogens is 420 g/mol. The second kappa shape index (κ2) is 7.90. The van der Waals surface area contributed by atoms with Crippen molar-refractivity contribution in [3.63, 3.8) is 0 Å². The molecule has 140 valence electrons. The van der Waals surface area contributed by atoms with Crippen molar-refractivity contribution in [3.8, 4) is 33.8 Å². The summed E-state index contributed by atoms with van der Waals surface area (Å²) in [4.78, 5) is 13.0. The number of hydrogen-bond donors (Lipinski definition) is 1. The number of halogens is 1. The summed E-state index contributed by atoms with van der Waals surface area (Å²) in [5.41, 5.74) is 2.90. The third-order valence-electron chi connectivity index (χ3n) is 4.44. The number of benzene rings is 3. The first-order valence-corrected chi connectivity index (χ1v) is 9.94. The zero-order valence-corrected chi connectivity index (χ0v) is 16.5. The fourth-order valence-corrected chi connectivity index (χ4v) is 3.38. The number of rotatable bonds is 5. The van der Waals surface area contributed by atoms with Crippen molar-refractivity contribution >= 4 is 26.9 Å². The van der Waals surface area contributed by atoms with E-state index in [2.05, 4.69) is 15.9 Å². The van der Waals surface area contributed by atoms with Gasteiger partial charge in [-0.2, -0.15) is 0 Å². The minimum atomic E-state index is -0.417. The predicted molar refractivity (Wildman–Crippen MR) is 114 cm³/mol. The van der Waals surface area contributed by atoms with Crippen LogP contribution in [0.15, 0.2) is 82.0 Å². The molecular formula is C23H17BrO4. The van der Waals surface area contributed by atoms with Crippen LogP contribution < -0.4 is 10.4 Å². The van der Waals surface area contributed by atoms with Gasteiger partial charge in [0, 0.05) is 22.3 Å². The first-order chi connectivity index (χ1) is 13.7. The van der Waals surface area contributed by atoms with E-state index >= 15 is 0 Å². The molecule has 4 aromatic rings. The zero-order valence-electron chi connectivity index (χ0n) is 14.9. The molecule has 0 saturated carbocycles. The third-order valence-corrected chi connectivity index (χ3v) is 4.77. The fraction of sp³-hybridized carbons (Fsp3) is 0.0870. The minimum Gasteiger partial charge on any atom is -0.508 e. The molecule has 1 aromatic heterocycles. The Balaban J connectivity index is 2.02. The topological polar surface area (TPSA) is 59.7 Å². The summed E-state index contributed by atoms with van der Waals surface area (Å²) in [6.45, 7) is 0.517. The highest BCUT2D eigenvalue weighted by Crippen LogP contribution is 2.37. The largest absolute Gasteiger partial charge is 0.508 e. The molecule has 0 aliphatic heterocycles. The Hall–Kier alpha value is -3.05. The molecule has 0 saturated heterocycles. The van der Waals surface area contributed by atoms with Gasteiger partial charge in [-0.1, -0.05) is 58.4 Å². The molecule has 0 aliphatic rings. The van der Waals surface area contributed by atoms with Crippen molar-refractivity contribution in [2.45, 2.75) is 0 Å². The monoisotopic (exact) mass is 436 g/mol. The molecule has 4 rings (SSSR count). The molecule has 0 aliphatic carbocycles. The molecule has 4 nitrogen and oxygen atoms in total. The normalized spacial score (nSPS) is 10.9. The van der Waals surface area contributed by atoms with E-state index in [9.17, 15) is 9.90 Å². The Labute approximate surface area is 170 Å². The lowest BCUT2D eigenvalue weighted by atomic mass is 9.93. The van der Waals surface area contributed by atoms with Crippen LogP contribution in [0.3, 0.4) is 0 Å². The Morgan fingerprint density at radius 2 is 1.61 bits per heavy atom. The van der Waals surface area contributed by atoms with Crippen molar-refractivity contribution in [2.75, 3.05) is 11.9 Å². The number of hydrogen-bond acceptors (Lipinski definition) is 4. The van der Waals surface area contributed by atoms with Crippen LogP contribution in [0.1, 0.15) is 0 Å². The average molecular weight is 437 g/mol. The number of aromatic hydroxyl groups is 1. The predicted octanol–water partition coefficient (Wildman–Crippen LogP) is 5.61. The Morgan fingerprint density at radius 1 is 0.893 bits per heavy atom. The summed E-state index contributed by atoms with van der Waals surface area (Å²) in [5.74, 6) is 0.807. The van der Waals surface area contributed by atoms with E-state index in [0.29, 0.717) is 28.8 Å². The molecule has 28 heavy (non-hydrogen) atoms. The highest BCUT2D eigenvalue weighted by Gasteiger charge is 2.18. The van der Waals surface area contributed by atoms with E-state index in [1.54, 1.807) is 30.3 Å². The molecule has 0 spiro atoms. The van der Waals surface area contributed by atoms with E-state index in [4.69, 9.17) is 9.15 Å². The van der Waals surface area contributed by atoms with Crippen molar-refractivity contribution in [1.29, 1.82) is 0 Å². The van der Waals surface area contributed by atoms with Crippen LogP contribution in [-0.2, 0) is 0 Å². The lowest BCUT2D eigenvalue weighted by Gasteiger charge is -2.13. The fourth-order valence-electron chi connectivity index (χ4n) is 3.22. The summed E-state index contributed by atoms with van der Waals surface area (Å²) in [6.07, 6.45) is 0. The van der Waals surface area contributed by atoms with E-state index in [1.807, 2.05) is 42.5 Å². The molecule has 5 heteroatoms. The van der Waals surface area contributed by atoms with E-state index in [1.165, 1.54) is 0 Å². The second-order valence-corrected chi connectivity index (χ2v) is 7.04. The molecule has 0 fully saturated rings. The number of alkyl halides is 1. The number of ether oxygens (including phenoxy) is 1. The quantitative estimate of drug-likeness (QED) is 0.326. The van der Waals surface area contributed by atoms with Crippen LogP contribution in [0, 0.1) is 0 Å². The number of phenolic OH excluding ortho intramolecular Hbond substituents is 1. The van der Waals surface area contributed by atoms with Crippen LogP contribution in [0.2, 0.25) is 0 Å². The van der Waals surface area contributed by atoms with Crippen LogP contribution in [-0.4, -0.2) is 17.0 Å². The maximum atomic E-state index is 13.0. The van der Waals surface area contributed by atoms with E-state index in [-0.39, 0.29) is 5.75 Å². The van der Waals surface area contributed by atoms with Crippen LogP contribution in [0.25, 0.3) is 33.2 Å². The van der Waals surface area contributed by atoms with Crippen LogP contribution in [0.4, 0.5) is 0 Å². The van der Waals surface area contributed by atoms with Crippen molar-refractivity contribution in [1.82, 2.24) is 0 Å². The molecule has 0 atom stereocenters. The molecule has 0 bridgehead atoms. The van der Waals surface area contributed by atoms with Gasteiger partial charge in [-0.05, 0) is 35.4 Å². The van der Waals surface area contributed by atoms with E-state index < -0.39 is 5.63 Å². The van der Waals surface area contributed by atoms with Gasteiger partial charge in [0.05, 0.1) is 12.2 Å². The summed E-state index contributed by atoms with van der Waals surface area (Å²) in [7, 11) is 0. The lowest BCUT2D eigenvalue weighted by molar-refractivity contribution is 0.345. The van der Waals surface area contributed by atoms with Crippen molar-refractivity contribution in [3.05, 3.63) is 83.2 Å². The van der Waals surface area contributed by atoms with Gasteiger partial charge in [-0.3, -0.25) is 0 Å².